The van der Waals surface area contributed by atoms with E-state index in [1.54, 1.807) is 0 Å². The third-order valence-electron chi connectivity index (χ3n) is 7.05. The van der Waals surface area contributed by atoms with Crippen molar-refractivity contribution < 1.29 is 15.0 Å². The highest BCUT2D eigenvalue weighted by Crippen LogP contribution is 2.54. The number of aldehydes is 1. The molecule has 4 heteroatoms. The van der Waals surface area contributed by atoms with Gasteiger partial charge in [0.2, 0.25) is 0 Å². The van der Waals surface area contributed by atoms with Crippen LogP contribution in [0.3, 0.4) is 0 Å². The molecular formula is C21H29NO3. The summed E-state index contributed by atoms with van der Waals surface area (Å²) in [7, 11) is 0. The van der Waals surface area contributed by atoms with Gasteiger partial charge in [0.25, 0.3) is 0 Å². The summed E-state index contributed by atoms with van der Waals surface area (Å²) >= 11 is 0. The molecule has 1 unspecified atom stereocenters. The van der Waals surface area contributed by atoms with Crippen LogP contribution in [0.2, 0.25) is 0 Å². The first-order chi connectivity index (χ1) is 12.0. The number of aliphatic hydroxyl groups is 2. The van der Waals surface area contributed by atoms with E-state index in [1.165, 1.54) is 5.56 Å². The number of hydrogen-bond donors (Lipinski definition) is 2. The normalized spacial score (nSPS) is 36.8. The Morgan fingerprint density at radius 1 is 1.24 bits per heavy atom. The van der Waals surface area contributed by atoms with Crippen LogP contribution in [0.5, 0.6) is 0 Å². The Hall–Kier alpha value is -1.23. The maximum Gasteiger partial charge on any atom is 0.150 e. The molecule has 4 nitrogen and oxygen atoms in total. The third kappa shape index (κ3) is 3.05. The number of fused-ring (bicyclic) bond motifs is 1. The summed E-state index contributed by atoms with van der Waals surface area (Å²) in [5.41, 5.74) is 0.800. The number of nitrogens with zero attached hydrogens (tertiary/aromatic N) is 1. The highest BCUT2D eigenvalue weighted by molar-refractivity contribution is 5.74. The fourth-order valence-corrected chi connectivity index (χ4v) is 5.24. The molecule has 136 valence electrons. The monoisotopic (exact) mass is 343 g/mol. The largest absolute Gasteiger partial charge is 0.390 e. The van der Waals surface area contributed by atoms with E-state index < -0.39 is 11.3 Å². The van der Waals surface area contributed by atoms with Crippen LogP contribution in [0, 0.1) is 5.92 Å². The number of carbonyl (C=O) groups is 1. The zero-order chi connectivity index (χ0) is 17.7. The lowest BCUT2D eigenvalue weighted by Crippen LogP contribution is -2.28. The molecule has 5 atom stereocenters. The van der Waals surface area contributed by atoms with E-state index in [-0.39, 0.29) is 5.92 Å². The Balaban J connectivity index is 1.41. The van der Waals surface area contributed by atoms with Gasteiger partial charge in [-0.15, -0.1) is 0 Å². The molecule has 0 bridgehead atoms. The van der Waals surface area contributed by atoms with Crippen LogP contribution in [0.15, 0.2) is 24.3 Å². The predicted molar refractivity (Wildman–Crippen MR) is 96.4 cm³/mol. The molecule has 1 aromatic carbocycles. The summed E-state index contributed by atoms with van der Waals surface area (Å²) in [6.45, 7) is 2.98. The molecule has 0 spiro atoms. The molecule has 25 heavy (non-hydrogen) atoms. The minimum atomic E-state index is -0.642. The first-order valence-corrected chi connectivity index (χ1v) is 9.72. The van der Waals surface area contributed by atoms with Crippen LogP contribution in [0.1, 0.15) is 73.7 Å². The molecule has 0 amide bonds. The van der Waals surface area contributed by atoms with Gasteiger partial charge in [-0.2, -0.15) is 0 Å². The zero-order valence-corrected chi connectivity index (χ0v) is 15.0. The van der Waals surface area contributed by atoms with Gasteiger partial charge in [-0.25, -0.2) is 0 Å². The number of carbonyl (C=O) groups excluding carboxylic acids is 1. The van der Waals surface area contributed by atoms with Crippen LogP contribution in [0.25, 0.3) is 0 Å². The van der Waals surface area contributed by atoms with Crippen LogP contribution >= 0.6 is 0 Å². The van der Waals surface area contributed by atoms with Crippen molar-refractivity contribution >= 4 is 6.29 Å². The van der Waals surface area contributed by atoms with Crippen molar-refractivity contribution in [3.63, 3.8) is 0 Å². The van der Waals surface area contributed by atoms with Crippen molar-refractivity contribution in [3.8, 4) is 0 Å². The van der Waals surface area contributed by atoms with Gasteiger partial charge in [0.15, 0.2) is 0 Å². The first-order valence-electron chi connectivity index (χ1n) is 9.72. The van der Waals surface area contributed by atoms with Crippen molar-refractivity contribution in [2.45, 2.75) is 75.2 Å². The second kappa shape index (κ2) is 6.19. The van der Waals surface area contributed by atoms with Crippen LogP contribution in [0.4, 0.5) is 0 Å². The fraction of sp³-hybridized carbons (Fsp3) is 0.667. The molecule has 3 fully saturated rings. The van der Waals surface area contributed by atoms with Crippen molar-refractivity contribution in [2.24, 2.45) is 5.92 Å². The van der Waals surface area contributed by atoms with Crippen LogP contribution < -0.4 is 0 Å². The summed E-state index contributed by atoms with van der Waals surface area (Å²) in [5, 5.41) is 21.5. The lowest BCUT2D eigenvalue weighted by Gasteiger charge is -2.26. The molecule has 2 saturated heterocycles. The fourth-order valence-electron chi connectivity index (χ4n) is 5.24. The molecule has 1 saturated carbocycles. The maximum atomic E-state index is 10.9. The maximum absolute atomic E-state index is 10.9. The number of rotatable bonds is 6. The van der Waals surface area contributed by atoms with Gasteiger partial charge in [0, 0.05) is 24.1 Å². The second-order valence-corrected chi connectivity index (χ2v) is 8.55. The Morgan fingerprint density at radius 2 is 1.92 bits per heavy atom. The highest BCUT2D eigenvalue weighted by atomic mass is 16.3. The van der Waals surface area contributed by atoms with E-state index in [9.17, 15) is 15.0 Å². The Kier molecular flexibility index (Phi) is 4.25. The first kappa shape index (κ1) is 17.2. The van der Waals surface area contributed by atoms with Crippen molar-refractivity contribution in [2.75, 3.05) is 6.54 Å². The Labute approximate surface area is 149 Å². The quantitative estimate of drug-likeness (QED) is 0.615. The molecular weight excluding hydrogens is 314 g/mol. The Bertz CT molecular complexity index is 637. The lowest BCUT2D eigenvalue weighted by molar-refractivity contribution is 0.0125. The predicted octanol–water partition coefficient (Wildman–Crippen LogP) is 3.08. The molecule has 2 N–H and O–H groups in total. The van der Waals surface area contributed by atoms with E-state index in [4.69, 9.17) is 0 Å². The van der Waals surface area contributed by atoms with Gasteiger partial charge in [0.1, 0.15) is 12.0 Å². The smallest absolute Gasteiger partial charge is 0.150 e. The van der Waals surface area contributed by atoms with Gasteiger partial charge in [-0.3, -0.25) is 9.69 Å². The minimum absolute atomic E-state index is 0.263. The van der Waals surface area contributed by atoms with Crippen LogP contribution in [-0.2, 0) is 0 Å². The third-order valence-corrected chi connectivity index (χ3v) is 7.05. The Morgan fingerprint density at radius 3 is 2.56 bits per heavy atom. The van der Waals surface area contributed by atoms with E-state index in [2.05, 4.69) is 11.8 Å². The molecule has 0 aromatic heterocycles. The molecule has 2 heterocycles. The van der Waals surface area contributed by atoms with E-state index in [0.29, 0.717) is 17.5 Å². The summed E-state index contributed by atoms with van der Waals surface area (Å²) in [5.74, 6) is 0.591. The number of piperidine rings is 1. The van der Waals surface area contributed by atoms with E-state index in [1.807, 2.05) is 24.3 Å². The van der Waals surface area contributed by atoms with Gasteiger partial charge in [0.05, 0.1) is 5.60 Å². The van der Waals surface area contributed by atoms with Gasteiger partial charge in [-0.1, -0.05) is 44.0 Å². The molecule has 0 radical (unpaired) electrons. The summed E-state index contributed by atoms with van der Waals surface area (Å²) in [6.07, 6.45) is 7.71. The van der Waals surface area contributed by atoms with Gasteiger partial charge < -0.3 is 10.2 Å². The van der Waals surface area contributed by atoms with Crippen molar-refractivity contribution in [1.29, 1.82) is 0 Å². The lowest BCUT2D eigenvalue weighted by atomic mass is 9.83. The van der Waals surface area contributed by atoms with Gasteiger partial charge in [-0.05, 0) is 43.6 Å². The SMILES string of the molecule is C[C@H](c1ccc(C=O)cc1)[C@@H]1C[C@@H](CCC2(O)CCCC2)[C@]2(O)CN12. The van der Waals surface area contributed by atoms with Crippen molar-refractivity contribution in [1.82, 2.24) is 4.90 Å². The van der Waals surface area contributed by atoms with Crippen molar-refractivity contribution in [3.05, 3.63) is 35.4 Å². The molecule has 2 aliphatic heterocycles. The summed E-state index contributed by atoms with van der Waals surface area (Å²) in [4.78, 5) is 13.1. The zero-order valence-electron chi connectivity index (χ0n) is 15.0. The topological polar surface area (TPSA) is 60.5 Å². The minimum Gasteiger partial charge on any atom is -0.390 e. The summed E-state index contributed by atoms with van der Waals surface area (Å²) < 4.78 is 0. The van der Waals surface area contributed by atoms with Crippen LogP contribution in [-0.4, -0.2) is 45.3 Å². The molecule has 1 aliphatic carbocycles. The highest BCUT2D eigenvalue weighted by Gasteiger charge is 2.65. The average molecular weight is 343 g/mol. The van der Waals surface area contributed by atoms with E-state index in [0.717, 1.165) is 57.8 Å². The average Bonchev–Trinajstić information content (AvgIpc) is 2.99. The standard InChI is InChI=1S/C21H29NO3/c1-15(17-6-4-16(13-23)5-7-17)19-12-18(21(25)14-22(19)21)8-11-20(24)9-2-3-10-20/h4-7,13,15,18-19,24-25H,2-3,8-12,14H2,1H3/t15-,18-,19+,21-,22?/m1/s1. The second-order valence-electron chi connectivity index (χ2n) is 8.55. The number of benzene rings is 1. The van der Waals surface area contributed by atoms with Gasteiger partial charge >= 0.3 is 0 Å². The summed E-state index contributed by atoms with van der Waals surface area (Å²) in [6, 6.07) is 8.15. The molecule has 1 aromatic rings. The molecule has 4 rings (SSSR count). The van der Waals surface area contributed by atoms with E-state index >= 15 is 0 Å². The number of hydrogen-bond acceptors (Lipinski definition) is 4. The molecule has 3 aliphatic rings.